The molecule has 0 saturated heterocycles. The van der Waals surface area contributed by atoms with Gasteiger partial charge in [-0.25, -0.2) is 0 Å². The minimum atomic E-state index is 0.0773. The topological polar surface area (TPSA) is 45.8 Å². The molecule has 2 heterocycles. The van der Waals surface area contributed by atoms with Gasteiger partial charge in [-0.3, -0.25) is 4.79 Å². The largest absolute Gasteiger partial charge is 0.337 e. The molecule has 0 radical (unpaired) electrons. The van der Waals surface area contributed by atoms with Crippen LogP contribution in [0.2, 0.25) is 0 Å². The first-order valence-electron chi connectivity index (χ1n) is 6.81. The van der Waals surface area contributed by atoms with E-state index in [0.29, 0.717) is 5.56 Å². The minimum absolute atomic E-state index is 0.0773. The Morgan fingerprint density at radius 1 is 1.45 bits per heavy atom. The number of aryl methyl sites for hydroxylation is 2. The van der Waals surface area contributed by atoms with E-state index in [0.717, 1.165) is 46.0 Å². The summed E-state index contributed by atoms with van der Waals surface area (Å²) in [7, 11) is 0. The molecule has 2 aromatic rings. The number of hydrogen-bond donors (Lipinski definition) is 0. The molecule has 4 heteroatoms. The van der Waals surface area contributed by atoms with Crippen LogP contribution in [0.1, 0.15) is 41.4 Å². The minimum Gasteiger partial charge on any atom is -0.337 e. The summed E-state index contributed by atoms with van der Waals surface area (Å²) >= 11 is 3.56. The molecule has 0 N–H and O–H groups in total. The molecule has 1 aliphatic heterocycles. The average molecular weight is 331 g/mol. The zero-order valence-electron chi connectivity index (χ0n) is 11.5. The zero-order valence-corrected chi connectivity index (χ0v) is 13.1. The molecule has 1 aromatic carbocycles. The summed E-state index contributed by atoms with van der Waals surface area (Å²) in [4.78, 5) is 12.6. The molecule has 1 aliphatic rings. The number of hydrogen-bond acceptors (Lipinski definition) is 2. The second-order valence-electron chi connectivity index (χ2n) is 5.50. The van der Waals surface area contributed by atoms with Crippen molar-refractivity contribution in [2.45, 2.75) is 33.2 Å². The standard InChI is InChI=1S/C16H15BrN2O/c1-9-4-3-5-19-14(16(9)20)10(2)12-6-11(8-18)7-13(17)15(12)19/h6-7,9H,3-5H2,1-2H3. The van der Waals surface area contributed by atoms with Gasteiger partial charge in [0.25, 0.3) is 0 Å². The number of rotatable bonds is 0. The van der Waals surface area contributed by atoms with E-state index in [-0.39, 0.29) is 11.7 Å². The smallest absolute Gasteiger partial charge is 0.182 e. The van der Waals surface area contributed by atoms with E-state index in [4.69, 9.17) is 5.26 Å². The third-order valence-corrected chi connectivity index (χ3v) is 4.80. The number of aromatic nitrogens is 1. The van der Waals surface area contributed by atoms with Crippen LogP contribution in [-0.2, 0) is 6.54 Å². The van der Waals surface area contributed by atoms with Gasteiger partial charge in [0.1, 0.15) is 0 Å². The maximum Gasteiger partial charge on any atom is 0.182 e. The Morgan fingerprint density at radius 3 is 2.90 bits per heavy atom. The third-order valence-electron chi connectivity index (χ3n) is 4.19. The molecule has 3 rings (SSSR count). The molecular weight excluding hydrogens is 316 g/mol. The van der Waals surface area contributed by atoms with Gasteiger partial charge in [-0.1, -0.05) is 6.92 Å². The highest BCUT2D eigenvalue weighted by molar-refractivity contribution is 9.10. The second-order valence-corrected chi connectivity index (χ2v) is 6.35. The average Bonchev–Trinajstić information content (AvgIpc) is 2.62. The van der Waals surface area contributed by atoms with Gasteiger partial charge in [0.15, 0.2) is 5.78 Å². The molecule has 3 nitrogen and oxygen atoms in total. The normalized spacial score (nSPS) is 18.7. The second kappa shape index (κ2) is 4.75. The van der Waals surface area contributed by atoms with E-state index in [1.165, 1.54) is 0 Å². The van der Waals surface area contributed by atoms with Gasteiger partial charge in [-0.2, -0.15) is 5.26 Å². The summed E-state index contributed by atoms with van der Waals surface area (Å²) in [5.41, 5.74) is 3.48. The van der Waals surface area contributed by atoms with Crippen LogP contribution >= 0.6 is 15.9 Å². The molecule has 0 bridgehead atoms. The van der Waals surface area contributed by atoms with Crippen molar-refractivity contribution in [3.63, 3.8) is 0 Å². The van der Waals surface area contributed by atoms with Gasteiger partial charge in [-0.05, 0) is 53.4 Å². The van der Waals surface area contributed by atoms with Gasteiger partial charge < -0.3 is 4.57 Å². The lowest BCUT2D eigenvalue weighted by atomic mass is 9.97. The first-order valence-corrected chi connectivity index (χ1v) is 7.60. The number of Topliss-reactive ketones (excluding diaryl/α,β-unsaturated/α-hetero) is 1. The molecule has 0 fully saturated rings. The van der Waals surface area contributed by atoms with Crippen LogP contribution in [0.3, 0.4) is 0 Å². The Kier molecular flexibility index (Phi) is 3.18. The number of nitrogens with zero attached hydrogens (tertiary/aromatic N) is 2. The summed E-state index contributed by atoms with van der Waals surface area (Å²) in [6, 6.07) is 5.89. The molecule has 0 aliphatic carbocycles. The molecule has 1 unspecified atom stereocenters. The van der Waals surface area contributed by atoms with Crippen molar-refractivity contribution in [3.05, 3.63) is 33.4 Å². The molecule has 0 spiro atoms. The number of ketones is 1. The molecule has 20 heavy (non-hydrogen) atoms. The number of benzene rings is 1. The first-order chi connectivity index (χ1) is 9.54. The number of fused-ring (bicyclic) bond motifs is 3. The monoisotopic (exact) mass is 330 g/mol. The Bertz CT molecular complexity index is 767. The molecule has 1 atom stereocenters. The zero-order chi connectivity index (χ0) is 14.4. The third kappa shape index (κ3) is 1.81. The van der Waals surface area contributed by atoms with Crippen LogP contribution in [0.5, 0.6) is 0 Å². The van der Waals surface area contributed by atoms with Crippen molar-refractivity contribution < 1.29 is 4.79 Å². The highest BCUT2D eigenvalue weighted by atomic mass is 79.9. The lowest BCUT2D eigenvalue weighted by molar-refractivity contribution is 0.0922. The summed E-state index contributed by atoms with van der Waals surface area (Å²) < 4.78 is 3.02. The van der Waals surface area contributed by atoms with E-state index in [2.05, 4.69) is 26.6 Å². The van der Waals surface area contributed by atoms with Crippen molar-refractivity contribution in [1.29, 1.82) is 5.26 Å². The van der Waals surface area contributed by atoms with Crippen molar-refractivity contribution in [3.8, 4) is 6.07 Å². The quantitative estimate of drug-likeness (QED) is 0.726. The molecule has 0 saturated carbocycles. The maximum atomic E-state index is 12.6. The predicted molar refractivity (Wildman–Crippen MR) is 81.8 cm³/mol. The van der Waals surface area contributed by atoms with Crippen LogP contribution in [0.15, 0.2) is 16.6 Å². The van der Waals surface area contributed by atoms with Gasteiger partial charge >= 0.3 is 0 Å². The lowest BCUT2D eigenvalue weighted by Crippen LogP contribution is -2.13. The number of carbonyl (C=O) groups excluding carboxylic acids is 1. The van der Waals surface area contributed by atoms with Gasteiger partial charge in [-0.15, -0.1) is 0 Å². The fourth-order valence-electron chi connectivity index (χ4n) is 3.13. The van der Waals surface area contributed by atoms with E-state index in [9.17, 15) is 4.79 Å². The van der Waals surface area contributed by atoms with Crippen molar-refractivity contribution in [2.24, 2.45) is 5.92 Å². The Labute approximate surface area is 126 Å². The lowest BCUT2D eigenvalue weighted by Gasteiger charge is -2.07. The van der Waals surface area contributed by atoms with Crippen molar-refractivity contribution >= 4 is 32.6 Å². The maximum absolute atomic E-state index is 12.6. The summed E-state index contributed by atoms with van der Waals surface area (Å²) in [5, 5.41) is 10.1. The van der Waals surface area contributed by atoms with Crippen LogP contribution in [0.4, 0.5) is 0 Å². The van der Waals surface area contributed by atoms with Crippen LogP contribution in [0, 0.1) is 24.2 Å². The molecular formula is C16H15BrN2O. The Hall–Kier alpha value is -1.60. The Balaban J connectivity index is 2.41. The van der Waals surface area contributed by atoms with Crippen molar-refractivity contribution in [1.82, 2.24) is 4.57 Å². The summed E-state index contributed by atoms with van der Waals surface area (Å²) in [5.74, 6) is 0.301. The Morgan fingerprint density at radius 2 is 2.20 bits per heavy atom. The number of nitriles is 1. The van der Waals surface area contributed by atoms with E-state index >= 15 is 0 Å². The van der Waals surface area contributed by atoms with Gasteiger partial charge in [0.05, 0.1) is 22.8 Å². The highest BCUT2D eigenvalue weighted by Gasteiger charge is 2.27. The fraction of sp³-hybridized carbons (Fsp3) is 0.375. The van der Waals surface area contributed by atoms with Crippen LogP contribution in [-0.4, -0.2) is 10.4 Å². The van der Waals surface area contributed by atoms with Gasteiger partial charge in [0, 0.05) is 22.3 Å². The van der Waals surface area contributed by atoms with Crippen LogP contribution in [0.25, 0.3) is 10.9 Å². The fourth-order valence-corrected chi connectivity index (χ4v) is 3.80. The SMILES string of the molecule is Cc1c2n(c3c(Br)cc(C#N)cc13)CCCC(C)C2=O. The first kappa shape index (κ1) is 13.4. The predicted octanol–water partition coefficient (Wildman–Crippen LogP) is 4.20. The number of carbonyl (C=O) groups is 1. The van der Waals surface area contributed by atoms with Gasteiger partial charge in [0.2, 0.25) is 0 Å². The van der Waals surface area contributed by atoms with Crippen LogP contribution < -0.4 is 0 Å². The summed E-state index contributed by atoms with van der Waals surface area (Å²) in [6.07, 6.45) is 1.95. The van der Waals surface area contributed by atoms with E-state index in [1.54, 1.807) is 0 Å². The summed E-state index contributed by atoms with van der Waals surface area (Å²) in [6.45, 7) is 4.85. The van der Waals surface area contributed by atoms with E-state index < -0.39 is 0 Å². The van der Waals surface area contributed by atoms with E-state index in [1.807, 2.05) is 26.0 Å². The molecule has 1 aromatic heterocycles. The molecule has 0 amide bonds. The molecule has 102 valence electrons. The number of halogens is 1. The highest BCUT2D eigenvalue weighted by Crippen LogP contribution is 2.35. The van der Waals surface area contributed by atoms with Crippen molar-refractivity contribution in [2.75, 3.05) is 0 Å².